The largest absolute Gasteiger partial charge is 0.327 e. The van der Waals surface area contributed by atoms with Crippen molar-refractivity contribution in [1.29, 1.82) is 0 Å². The zero-order valence-electron chi connectivity index (χ0n) is 7.53. The summed E-state index contributed by atoms with van der Waals surface area (Å²) in [6.45, 7) is 0. The van der Waals surface area contributed by atoms with Crippen molar-refractivity contribution in [1.82, 2.24) is 0 Å². The van der Waals surface area contributed by atoms with Crippen LogP contribution in [0.4, 0.5) is 5.69 Å². The Bertz CT molecular complexity index is 367. The Morgan fingerprint density at radius 2 is 2.14 bits per heavy atom. The molecule has 1 aromatic carbocycles. The molecule has 0 saturated heterocycles. The maximum Gasteiger partial charge on any atom is 0.229 e. The molecule has 1 fully saturated rings. The van der Waals surface area contributed by atoms with Gasteiger partial charge in [-0.2, -0.15) is 0 Å². The van der Waals surface area contributed by atoms with Gasteiger partial charge >= 0.3 is 0 Å². The van der Waals surface area contributed by atoms with Gasteiger partial charge in [0, 0.05) is 6.04 Å². The maximum absolute atomic E-state index is 11.5. The third-order valence-corrected chi connectivity index (χ3v) is 2.64. The molecule has 2 unspecified atom stereocenters. The summed E-state index contributed by atoms with van der Waals surface area (Å²) < 4.78 is 0. The van der Waals surface area contributed by atoms with E-state index in [4.69, 9.17) is 17.3 Å². The van der Waals surface area contributed by atoms with E-state index in [0.717, 1.165) is 6.42 Å². The number of benzene rings is 1. The number of anilines is 1. The van der Waals surface area contributed by atoms with E-state index in [1.54, 1.807) is 12.1 Å². The molecular weight excluding hydrogens is 200 g/mol. The highest BCUT2D eigenvalue weighted by Gasteiger charge is 2.40. The predicted molar refractivity (Wildman–Crippen MR) is 56.2 cm³/mol. The molecule has 1 aromatic rings. The lowest BCUT2D eigenvalue weighted by Crippen LogP contribution is -2.18. The summed E-state index contributed by atoms with van der Waals surface area (Å²) in [5.74, 6) is -0.0723. The molecule has 1 aliphatic rings. The molecule has 1 amide bonds. The Morgan fingerprint density at radius 3 is 2.71 bits per heavy atom. The van der Waals surface area contributed by atoms with Crippen molar-refractivity contribution in [2.45, 2.75) is 12.5 Å². The molecule has 2 rings (SSSR count). The van der Waals surface area contributed by atoms with Crippen LogP contribution in [0.25, 0.3) is 0 Å². The third-order valence-electron chi connectivity index (χ3n) is 2.31. The standard InChI is InChI=1S/C10H11ClN2O/c11-7-3-1-2-4-9(7)13-10(14)6-5-8(6)12/h1-4,6,8H,5,12H2,(H,13,14). The average molecular weight is 211 g/mol. The molecule has 0 aromatic heterocycles. The molecule has 2 atom stereocenters. The zero-order valence-corrected chi connectivity index (χ0v) is 8.29. The minimum Gasteiger partial charge on any atom is -0.327 e. The summed E-state index contributed by atoms with van der Waals surface area (Å²) in [5, 5.41) is 3.30. The second-order valence-electron chi connectivity index (χ2n) is 3.48. The fraction of sp³-hybridized carbons (Fsp3) is 0.300. The normalized spacial score (nSPS) is 24.4. The van der Waals surface area contributed by atoms with Crippen LogP contribution < -0.4 is 11.1 Å². The molecule has 3 N–H and O–H groups in total. The molecule has 1 aliphatic carbocycles. The van der Waals surface area contributed by atoms with Crippen molar-refractivity contribution in [2.24, 2.45) is 11.7 Å². The number of amides is 1. The molecular formula is C10H11ClN2O. The molecule has 1 saturated carbocycles. The second kappa shape index (κ2) is 3.59. The summed E-state index contributed by atoms with van der Waals surface area (Å²) >= 11 is 5.88. The van der Waals surface area contributed by atoms with Gasteiger partial charge in [0.1, 0.15) is 0 Å². The van der Waals surface area contributed by atoms with Crippen LogP contribution in [0.2, 0.25) is 5.02 Å². The van der Waals surface area contributed by atoms with Gasteiger partial charge in [-0.25, -0.2) is 0 Å². The molecule has 4 heteroatoms. The first-order valence-corrected chi connectivity index (χ1v) is 4.87. The Morgan fingerprint density at radius 1 is 1.50 bits per heavy atom. The van der Waals surface area contributed by atoms with Gasteiger partial charge in [0.2, 0.25) is 5.91 Å². The van der Waals surface area contributed by atoms with Gasteiger partial charge in [0.05, 0.1) is 16.6 Å². The summed E-state index contributed by atoms with van der Waals surface area (Å²) in [7, 11) is 0. The van der Waals surface area contributed by atoms with E-state index in [2.05, 4.69) is 5.32 Å². The molecule has 0 heterocycles. The predicted octanol–water partition coefficient (Wildman–Crippen LogP) is 1.63. The number of para-hydroxylation sites is 1. The van der Waals surface area contributed by atoms with Crippen LogP contribution in [0.5, 0.6) is 0 Å². The monoisotopic (exact) mass is 210 g/mol. The van der Waals surface area contributed by atoms with Crippen molar-refractivity contribution < 1.29 is 4.79 Å². The number of carbonyl (C=O) groups is 1. The van der Waals surface area contributed by atoms with Crippen molar-refractivity contribution in [3.8, 4) is 0 Å². The number of hydrogen-bond acceptors (Lipinski definition) is 2. The third kappa shape index (κ3) is 1.89. The minimum atomic E-state index is -0.0365. The van der Waals surface area contributed by atoms with Gasteiger partial charge in [0.25, 0.3) is 0 Å². The lowest BCUT2D eigenvalue weighted by atomic mass is 10.3. The number of carbonyl (C=O) groups excluding carboxylic acids is 1. The number of nitrogens with two attached hydrogens (primary N) is 1. The van der Waals surface area contributed by atoms with Crippen molar-refractivity contribution >= 4 is 23.2 Å². The Balaban J connectivity index is 2.04. The average Bonchev–Trinajstić information content (AvgIpc) is 2.87. The molecule has 3 nitrogen and oxygen atoms in total. The van der Waals surface area contributed by atoms with Crippen LogP contribution in [0.3, 0.4) is 0 Å². The number of rotatable bonds is 2. The topological polar surface area (TPSA) is 55.1 Å². The van der Waals surface area contributed by atoms with Crippen LogP contribution in [0, 0.1) is 5.92 Å². The van der Waals surface area contributed by atoms with E-state index in [0.29, 0.717) is 10.7 Å². The van der Waals surface area contributed by atoms with Crippen molar-refractivity contribution in [2.75, 3.05) is 5.32 Å². The van der Waals surface area contributed by atoms with E-state index >= 15 is 0 Å². The van der Waals surface area contributed by atoms with Gasteiger partial charge in [-0.15, -0.1) is 0 Å². The van der Waals surface area contributed by atoms with Crippen molar-refractivity contribution in [3.63, 3.8) is 0 Å². The van der Waals surface area contributed by atoms with Gasteiger partial charge in [-0.3, -0.25) is 4.79 Å². The molecule has 0 bridgehead atoms. The van der Waals surface area contributed by atoms with Crippen LogP contribution >= 0.6 is 11.6 Å². The minimum absolute atomic E-state index is 0.0255. The van der Waals surface area contributed by atoms with E-state index in [9.17, 15) is 4.79 Å². The molecule has 0 radical (unpaired) electrons. The number of halogens is 1. The maximum atomic E-state index is 11.5. The lowest BCUT2D eigenvalue weighted by Gasteiger charge is -2.05. The van der Waals surface area contributed by atoms with Crippen LogP contribution in [0.15, 0.2) is 24.3 Å². The SMILES string of the molecule is NC1CC1C(=O)Nc1ccccc1Cl. The first-order valence-electron chi connectivity index (χ1n) is 4.49. The summed E-state index contributed by atoms with van der Waals surface area (Å²) in [4.78, 5) is 11.5. The number of hydrogen-bond donors (Lipinski definition) is 2. The van der Waals surface area contributed by atoms with E-state index < -0.39 is 0 Å². The fourth-order valence-electron chi connectivity index (χ4n) is 1.30. The highest BCUT2D eigenvalue weighted by Crippen LogP contribution is 2.30. The van der Waals surface area contributed by atoms with Gasteiger partial charge in [0.15, 0.2) is 0 Å². The molecule has 74 valence electrons. The highest BCUT2D eigenvalue weighted by molar-refractivity contribution is 6.33. The first-order chi connectivity index (χ1) is 6.68. The Labute approximate surface area is 87.2 Å². The molecule has 0 aliphatic heterocycles. The van der Waals surface area contributed by atoms with Crippen molar-refractivity contribution in [3.05, 3.63) is 29.3 Å². The van der Waals surface area contributed by atoms with Gasteiger partial charge in [-0.1, -0.05) is 23.7 Å². The molecule has 0 spiro atoms. The fourth-order valence-corrected chi connectivity index (χ4v) is 1.49. The van der Waals surface area contributed by atoms with Gasteiger partial charge in [-0.05, 0) is 18.6 Å². The summed E-state index contributed by atoms with van der Waals surface area (Å²) in [6, 6.07) is 7.19. The van der Waals surface area contributed by atoms with E-state index in [1.807, 2.05) is 12.1 Å². The smallest absolute Gasteiger partial charge is 0.229 e. The first kappa shape index (κ1) is 9.49. The summed E-state index contributed by atoms with van der Waals surface area (Å²) in [6.07, 6.45) is 0.774. The van der Waals surface area contributed by atoms with Crippen LogP contribution in [-0.4, -0.2) is 11.9 Å². The molecule has 14 heavy (non-hydrogen) atoms. The van der Waals surface area contributed by atoms with E-state index in [-0.39, 0.29) is 17.9 Å². The van der Waals surface area contributed by atoms with Gasteiger partial charge < -0.3 is 11.1 Å². The Hall–Kier alpha value is -1.06. The second-order valence-corrected chi connectivity index (χ2v) is 3.88. The quantitative estimate of drug-likeness (QED) is 0.780. The zero-order chi connectivity index (χ0) is 10.1. The van der Waals surface area contributed by atoms with E-state index in [1.165, 1.54) is 0 Å². The highest BCUT2D eigenvalue weighted by atomic mass is 35.5. The summed E-state index contributed by atoms with van der Waals surface area (Å²) in [5.41, 5.74) is 6.22. The van der Waals surface area contributed by atoms with Crippen LogP contribution in [0.1, 0.15) is 6.42 Å². The van der Waals surface area contributed by atoms with Crippen LogP contribution in [-0.2, 0) is 4.79 Å². The number of nitrogens with one attached hydrogen (secondary N) is 1. The Kier molecular flexibility index (Phi) is 2.44. The lowest BCUT2D eigenvalue weighted by molar-refractivity contribution is -0.117.